The average Bonchev–Trinajstić information content (AvgIpc) is 2.47. The summed E-state index contributed by atoms with van der Waals surface area (Å²) in [4.78, 5) is 3.98. The van der Waals surface area contributed by atoms with Gasteiger partial charge in [-0.25, -0.2) is 4.39 Å². The highest BCUT2D eigenvalue weighted by atomic mass is 19.1. The fourth-order valence-corrected chi connectivity index (χ4v) is 3.20. The molecule has 1 aromatic heterocycles. The normalized spacial score (nSPS) is 29.4. The number of halogens is 1. The number of nitriles is 1. The van der Waals surface area contributed by atoms with Crippen molar-refractivity contribution < 1.29 is 9.50 Å². The highest BCUT2D eigenvalue weighted by molar-refractivity contribution is 5.23. The van der Waals surface area contributed by atoms with Crippen molar-refractivity contribution in [2.24, 2.45) is 11.3 Å². The Hall–Kier alpha value is -1.47. The van der Waals surface area contributed by atoms with E-state index in [1.165, 1.54) is 12.1 Å². The summed E-state index contributed by atoms with van der Waals surface area (Å²) < 4.78 is 13.0. The van der Waals surface area contributed by atoms with E-state index in [0.29, 0.717) is 24.5 Å². The number of hydrogen-bond donors (Lipinski definition) is 1. The van der Waals surface area contributed by atoms with Gasteiger partial charge in [0.05, 0.1) is 23.4 Å². The highest BCUT2D eigenvalue weighted by Crippen LogP contribution is 2.50. The Kier molecular flexibility index (Phi) is 4.10. The summed E-state index contributed by atoms with van der Waals surface area (Å²) in [5.41, 5.74) is -1.81. The summed E-state index contributed by atoms with van der Waals surface area (Å²) in [6, 6.07) is 5.08. The minimum Gasteiger partial charge on any atom is -0.382 e. The van der Waals surface area contributed by atoms with E-state index < -0.39 is 16.8 Å². The van der Waals surface area contributed by atoms with Gasteiger partial charge in [-0.1, -0.05) is 13.3 Å². The van der Waals surface area contributed by atoms with Crippen molar-refractivity contribution in [1.29, 1.82) is 5.26 Å². The van der Waals surface area contributed by atoms with E-state index in [2.05, 4.69) is 18.0 Å². The Labute approximate surface area is 119 Å². The van der Waals surface area contributed by atoms with Gasteiger partial charge in [-0.2, -0.15) is 5.26 Å². The lowest BCUT2D eigenvalue weighted by Crippen LogP contribution is -2.45. The van der Waals surface area contributed by atoms with Crippen molar-refractivity contribution in [2.45, 2.75) is 51.6 Å². The number of pyridine rings is 1. The van der Waals surface area contributed by atoms with E-state index >= 15 is 0 Å². The zero-order valence-electron chi connectivity index (χ0n) is 12.1. The van der Waals surface area contributed by atoms with E-state index in [1.54, 1.807) is 6.92 Å². The van der Waals surface area contributed by atoms with Gasteiger partial charge in [0.1, 0.15) is 11.4 Å². The predicted octanol–water partition coefficient (Wildman–Crippen LogP) is 3.54. The maximum Gasteiger partial charge on any atom is 0.141 e. The lowest BCUT2D eigenvalue weighted by atomic mass is 9.61. The quantitative estimate of drug-likeness (QED) is 0.918. The van der Waals surface area contributed by atoms with Gasteiger partial charge >= 0.3 is 0 Å². The van der Waals surface area contributed by atoms with Crippen LogP contribution in [-0.4, -0.2) is 10.1 Å². The van der Waals surface area contributed by atoms with Crippen LogP contribution in [0.3, 0.4) is 0 Å². The van der Waals surface area contributed by atoms with Crippen molar-refractivity contribution >= 4 is 0 Å². The Balaban J connectivity index is 2.31. The molecule has 1 unspecified atom stereocenters. The largest absolute Gasteiger partial charge is 0.382 e. The van der Waals surface area contributed by atoms with Gasteiger partial charge in [0, 0.05) is 0 Å². The molecule has 0 saturated heterocycles. The Morgan fingerprint density at radius 2 is 2.15 bits per heavy atom. The third-order valence-corrected chi connectivity index (χ3v) is 4.91. The second-order valence-corrected chi connectivity index (χ2v) is 5.98. The number of rotatable bonds is 3. The van der Waals surface area contributed by atoms with Crippen LogP contribution >= 0.6 is 0 Å². The number of nitrogens with zero attached hydrogens (tertiary/aromatic N) is 2. The first kappa shape index (κ1) is 14.9. The van der Waals surface area contributed by atoms with Gasteiger partial charge in [-0.05, 0) is 50.7 Å². The molecule has 2 rings (SSSR count). The molecular formula is C16H21FN2O. The molecule has 20 heavy (non-hydrogen) atoms. The Bertz CT molecular complexity index is 496. The lowest BCUT2D eigenvalue weighted by Gasteiger charge is -2.44. The molecule has 3 nitrogen and oxygen atoms in total. The fourth-order valence-electron chi connectivity index (χ4n) is 3.20. The number of hydrogen-bond acceptors (Lipinski definition) is 3. The van der Waals surface area contributed by atoms with Gasteiger partial charge in [0.15, 0.2) is 0 Å². The van der Waals surface area contributed by atoms with Crippen LogP contribution in [0.25, 0.3) is 0 Å². The fraction of sp³-hybridized carbons (Fsp3) is 0.625. The van der Waals surface area contributed by atoms with Crippen molar-refractivity contribution in [3.8, 4) is 6.07 Å². The van der Waals surface area contributed by atoms with E-state index in [1.807, 2.05) is 0 Å². The van der Waals surface area contributed by atoms with Crippen LogP contribution in [0.4, 0.5) is 4.39 Å². The second-order valence-electron chi connectivity index (χ2n) is 5.98. The molecule has 1 fully saturated rings. The van der Waals surface area contributed by atoms with Crippen molar-refractivity contribution in [1.82, 2.24) is 4.98 Å². The summed E-state index contributed by atoms with van der Waals surface area (Å²) in [5.74, 6) is 0.193. The summed E-state index contributed by atoms with van der Waals surface area (Å²) in [6.45, 7) is 3.78. The minimum absolute atomic E-state index is 0.371. The van der Waals surface area contributed by atoms with Crippen LogP contribution in [0.15, 0.2) is 18.3 Å². The van der Waals surface area contributed by atoms with Crippen molar-refractivity contribution in [3.05, 3.63) is 29.8 Å². The molecular weight excluding hydrogens is 255 g/mol. The van der Waals surface area contributed by atoms with Crippen LogP contribution in [-0.2, 0) is 5.60 Å². The topological polar surface area (TPSA) is 56.9 Å². The third kappa shape index (κ3) is 2.43. The highest BCUT2D eigenvalue weighted by Gasteiger charge is 2.51. The molecule has 1 heterocycles. The maximum atomic E-state index is 13.0. The van der Waals surface area contributed by atoms with Gasteiger partial charge in [0.2, 0.25) is 0 Å². The predicted molar refractivity (Wildman–Crippen MR) is 74.1 cm³/mol. The Morgan fingerprint density at radius 3 is 2.60 bits per heavy atom. The standard InChI is InChI=1S/C16H21FN2O/c1-3-12-6-8-16(11-18,9-7-12)15(2,20)14-5-4-13(17)10-19-14/h4-5,10,12,20H,3,6-9H2,1-2H3. The molecule has 1 atom stereocenters. The summed E-state index contributed by atoms with van der Waals surface area (Å²) in [6.07, 6.45) is 5.41. The zero-order valence-corrected chi connectivity index (χ0v) is 12.1. The van der Waals surface area contributed by atoms with Gasteiger partial charge in [0.25, 0.3) is 0 Å². The molecule has 0 aromatic carbocycles. The monoisotopic (exact) mass is 276 g/mol. The van der Waals surface area contributed by atoms with Crippen LogP contribution in [0, 0.1) is 28.5 Å². The maximum absolute atomic E-state index is 13.0. The third-order valence-electron chi connectivity index (χ3n) is 4.91. The smallest absolute Gasteiger partial charge is 0.141 e. The molecule has 4 heteroatoms. The van der Waals surface area contributed by atoms with Gasteiger partial charge < -0.3 is 5.11 Å². The molecule has 1 saturated carbocycles. The summed E-state index contributed by atoms with van der Waals surface area (Å²) in [5, 5.41) is 20.5. The molecule has 108 valence electrons. The zero-order chi connectivity index (χ0) is 14.8. The van der Waals surface area contributed by atoms with Gasteiger partial charge in [-0.3, -0.25) is 4.98 Å². The molecule has 0 spiro atoms. The van der Waals surface area contributed by atoms with E-state index in [0.717, 1.165) is 25.5 Å². The van der Waals surface area contributed by atoms with Crippen molar-refractivity contribution in [2.75, 3.05) is 0 Å². The average molecular weight is 276 g/mol. The van der Waals surface area contributed by atoms with Crippen LogP contribution in [0.5, 0.6) is 0 Å². The summed E-state index contributed by atoms with van der Waals surface area (Å²) >= 11 is 0. The van der Waals surface area contributed by atoms with Gasteiger partial charge in [-0.15, -0.1) is 0 Å². The number of aromatic nitrogens is 1. The SMILES string of the molecule is CCC1CCC(C#N)(C(C)(O)c2ccc(F)cn2)CC1. The Morgan fingerprint density at radius 1 is 1.50 bits per heavy atom. The summed E-state index contributed by atoms with van der Waals surface area (Å²) in [7, 11) is 0. The van der Waals surface area contributed by atoms with Crippen LogP contribution < -0.4 is 0 Å². The first-order valence-corrected chi connectivity index (χ1v) is 7.21. The molecule has 1 aromatic rings. The molecule has 0 bridgehead atoms. The van der Waals surface area contributed by atoms with Crippen LogP contribution in [0.2, 0.25) is 0 Å². The van der Waals surface area contributed by atoms with E-state index in [9.17, 15) is 14.8 Å². The second kappa shape index (κ2) is 5.49. The molecule has 0 aliphatic heterocycles. The minimum atomic E-state index is -1.35. The number of aliphatic hydroxyl groups is 1. The van der Waals surface area contributed by atoms with Crippen molar-refractivity contribution in [3.63, 3.8) is 0 Å². The van der Waals surface area contributed by atoms with E-state index in [-0.39, 0.29) is 0 Å². The lowest BCUT2D eigenvalue weighted by molar-refractivity contribution is -0.0730. The molecule has 0 radical (unpaired) electrons. The molecule has 1 aliphatic rings. The van der Waals surface area contributed by atoms with Crippen LogP contribution in [0.1, 0.15) is 51.6 Å². The molecule has 1 aliphatic carbocycles. The molecule has 1 N–H and O–H groups in total. The molecule has 0 amide bonds. The first-order chi connectivity index (χ1) is 9.45. The first-order valence-electron chi connectivity index (χ1n) is 7.21. The van der Waals surface area contributed by atoms with E-state index in [4.69, 9.17) is 0 Å².